The van der Waals surface area contributed by atoms with Crippen molar-refractivity contribution in [2.45, 2.75) is 18.4 Å². The maximum absolute atomic E-state index is 10.8. The van der Waals surface area contributed by atoms with Gasteiger partial charge in [-0.2, -0.15) is 5.10 Å². The highest BCUT2D eigenvalue weighted by molar-refractivity contribution is 5.74. The van der Waals surface area contributed by atoms with E-state index in [-0.39, 0.29) is 5.92 Å². The van der Waals surface area contributed by atoms with Crippen LogP contribution in [0, 0.1) is 0 Å². The van der Waals surface area contributed by atoms with E-state index in [2.05, 4.69) is 5.10 Å². The van der Waals surface area contributed by atoms with Crippen molar-refractivity contribution in [2.24, 2.45) is 7.05 Å². The molecule has 2 rings (SSSR count). The fourth-order valence-corrected chi connectivity index (χ4v) is 1.81. The summed E-state index contributed by atoms with van der Waals surface area (Å²) in [5.74, 6) is -0.947. The van der Waals surface area contributed by atoms with Crippen molar-refractivity contribution in [2.75, 3.05) is 6.61 Å². The van der Waals surface area contributed by atoms with Crippen molar-refractivity contribution in [3.05, 3.63) is 18.0 Å². The number of carbonyl (C=O) groups is 1. The minimum absolute atomic E-state index is 0.0544. The molecule has 1 aliphatic rings. The number of aliphatic carboxylic acids is 1. The standard InChI is InChI=1S/C9H12N2O3/c1-11-5-6(4-10-11)7-2-3-14-8(7)9(12)13/h4-5,7-8H,2-3H2,1H3,(H,12,13)/t7-,8+/m1/s1. The molecule has 1 N–H and O–H groups in total. The summed E-state index contributed by atoms with van der Waals surface area (Å²) < 4.78 is 6.83. The summed E-state index contributed by atoms with van der Waals surface area (Å²) in [5, 5.41) is 12.9. The minimum Gasteiger partial charge on any atom is -0.479 e. The summed E-state index contributed by atoms with van der Waals surface area (Å²) >= 11 is 0. The van der Waals surface area contributed by atoms with Gasteiger partial charge in [0.25, 0.3) is 0 Å². The summed E-state index contributed by atoms with van der Waals surface area (Å²) in [4.78, 5) is 10.8. The van der Waals surface area contributed by atoms with Gasteiger partial charge >= 0.3 is 5.97 Å². The number of carboxylic acid groups (broad SMARTS) is 1. The van der Waals surface area contributed by atoms with Gasteiger partial charge < -0.3 is 9.84 Å². The molecule has 1 aromatic rings. The molecular weight excluding hydrogens is 184 g/mol. The number of nitrogens with zero attached hydrogens (tertiary/aromatic N) is 2. The highest BCUT2D eigenvalue weighted by atomic mass is 16.5. The van der Waals surface area contributed by atoms with Crippen LogP contribution in [0.25, 0.3) is 0 Å². The smallest absolute Gasteiger partial charge is 0.333 e. The van der Waals surface area contributed by atoms with Crippen LogP contribution in [0.3, 0.4) is 0 Å². The molecule has 0 aliphatic carbocycles. The maximum Gasteiger partial charge on any atom is 0.333 e. The minimum atomic E-state index is -0.892. The molecule has 0 radical (unpaired) electrons. The van der Waals surface area contributed by atoms with E-state index in [0.29, 0.717) is 6.61 Å². The van der Waals surface area contributed by atoms with E-state index >= 15 is 0 Å². The topological polar surface area (TPSA) is 64.3 Å². The zero-order valence-electron chi connectivity index (χ0n) is 7.88. The lowest BCUT2D eigenvalue weighted by Gasteiger charge is -2.11. The lowest BCUT2D eigenvalue weighted by atomic mass is 9.95. The summed E-state index contributed by atoms with van der Waals surface area (Å²) in [7, 11) is 1.81. The summed E-state index contributed by atoms with van der Waals surface area (Å²) in [6.45, 7) is 0.510. The number of hydrogen-bond acceptors (Lipinski definition) is 3. The average molecular weight is 196 g/mol. The highest BCUT2D eigenvalue weighted by Gasteiger charge is 2.35. The van der Waals surface area contributed by atoms with E-state index in [9.17, 15) is 4.79 Å². The van der Waals surface area contributed by atoms with Crippen molar-refractivity contribution < 1.29 is 14.6 Å². The summed E-state index contributed by atoms with van der Waals surface area (Å²) in [6.07, 6.45) is 3.59. The van der Waals surface area contributed by atoms with Crippen LogP contribution in [0.15, 0.2) is 12.4 Å². The first kappa shape index (κ1) is 9.21. The molecule has 1 aromatic heterocycles. The summed E-state index contributed by atoms with van der Waals surface area (Å²) in [6, 6.07) is 0. The van der Waals surface area contributed by atoms with Crippen LogP contribution < -0.4 is 0 Å². The Bertz CT molecular complexity index is 348. The Labute approximate surface area is 81.3 Å². The van der Waals surface area contributed by atoms with Gasteiger partial charge in [-0.3, -0.25) is 4.68 Å². The number of aryl methyl sites for hydroxylation is 1. The molecule has 1 aliphatic heterocycles. The van der Waals surface area contributed by atoms with Gasteiger partial charge in [-0.05, 0) is 12.0 Å². The number of hydrogen-bond donors (Lipinski definition) is 1. The Balaban J connectivity index is 2.21. The number of rotatable bonds is 2. The van der Waals surface area contributed by atoms with E-state index in [1.165, 1.54) is 0 Å². The molecular formula is C9H12N2O3. The molecule has 2 heterocycles. The average Bonchev–Trinajstić information content (AvgIpc) is 2.70. The predicted molar refractivity (Wildman–Crippen MR) is 47.9 cm³/mol. The van der Waals surface area contributed by atoms with Gasteiger partial charge in [0.15, 0.2) is 6.10 Å². The van der Waals surface area contributed by atoms with Gasteiger partial charge in [-0.15, -0.1) is 0 Å². The van der Waals surface area contributed by atoms with Crippen molar-refractivity contribution in [1.29, 1.82) is 0 Å². The molecule has 76 valence electrons. The van der Waals surface area contributed by atoms with Crippen LogP contribution >= 0.6 is 0 Å². The molecule has 0 bridgehead atoms. The molecule has 5 nitrogen and oxygen atoms in total. The van der Waals surface area contributed by atoms with Crippen molar-refractivity contribution in [1.82, 2.24) is 9.78 Å². The van der Waals surface area contributed by atoms with Gasteiger partial charge in [0.2, 0.25) is 0 Å². The number of ether oxygens (including phenoxy) is 1. The summed E-state index contributed by atoms with van der Waals surface area (Å²) in [5.41, 5.74) is 0.942. The number of aromatic nitrogens is 2. The maximum atomic E-state index is 10.8. The second kappa shape index (κ2) is 3.42. The molecule has 0 unspecified atom stereocenters. The van der Waals surface area contributed by atoms with Crippen LogP contribution in [0.2, 0.25) is 0 Å². The third-order valence-electron chi connectivity index (χ3n) is 2.49. The van der Waals surface area contributed by atoms with E-state index in [1.54, 1.807) is 10.9 Å². The van der Waals surface area contributed by atoms with Crippen LogP contribution in [0.1, 0.15) is 17.9 Å². The Morgan fingerprint density at radius 2 is 2.57 bits per heavy atom. The number of carboxylic acids is 1. The Hall–Kier alpha value is -1.36. The normalized spacial score (nSPS) is 26.6. The third-order valence-corrected chi connectivity index (χ3v) is 2.49. The highest BCUT2D eigenvalue weighted by Crippen LogP contribution is 2.30. The zero-order valence-corrected chi connectivity index (χ0v) is 7.88. The van der Waals surface area contributed by atoms with Crippen molar-refractivity contribution in [3.8, 4) is 0 Å². The van der Waals surface area contributed by atoms with E-state index in [0.717, 1.165) is 12.0 Å². The Morgan fingerprint density at radius 3 is 3.14 bits per heavy atom. The fourth-order valence-electron chi connectivity index (χ4n) is 1.81. The van der Waals surface area contributed by atoms with Crippen LogP contribution in [0.5, 0.6) is 0 Å². The lowest BCUT2D eigenvalue weighted by Crippen LogP contribution is -2.24. The fraction of sp³-hybridized carbons (Fsp3) is 0.556. The van der Waals surface area contributed by atoms with Gasteiger partial charge in [0.05, 0.1) is 6.20 Å². The zero-order chi connectivity index (χ0) is 10.1. The molecule has 14 heavy (non-hydrogen) atoms. The Morgan fingerprint density at radius 1 is 1.79 bits per heavy atom. The Kier molecular flexibility index (Phi) is 2.25. The van der Waals surface area contributed by atoms with Gasteiger partial charge in [-0.25, -0.2) is 4.79 Å². The van der Waals surface area contributed by atoms with E-state index in [1.807, 2.05) is 13.2 Å². The molecule has 1 fully saturated rings. The molecule has 5 heteroatoms. The largest absolute Gasteiger partial charge is 0.479 e. The van der Waals surface area contributed by atoms with Crippen molar-refractivity contribution >= 4 is 5.97 Å². The first-order valence-electron chi connectivity index (χ1n) is 4.51. The molecule has 1 saturated heterocycles. The quantitative estimate of drug-likeness (QED) is 0.742. The molecule has 0 saturated carbocycles. The second-order valence-corrected chi connectivity index (χ2v) is 3.47. The monoisotopic (exact) mass is 196 g/mol. The van der Waals surface area contributed by atoms with E-state index < -0.39 is 12.1 Å². The van der Waals surface area contributed by atoms with Crippen LogP contribution in [-0.4, -0.2) is 33.6 Å². The lowest BCUT2D eigenvalue weighted by molar-refractivity contribution is -0.148. The van der Waals surface area contributed by atoms with Crippen molar-refractivity contribution in [3.63, 3.8) is 0 Å². The predicted octanol–water partition coefficient (Wildman–Crippen LogP) is 0.377. The second-order valence-electron chi connectivity index (χ2n) is 3.47. The van der Waals surface area contributed by atoms with Gasteiger partial charge in [0.1, 0.15) is 0 Å². The molecule has 0 amide bonds. The van der Waals surface area contributed by atoms with Crippen LogP contribution in [-0.2, 0) is 16.6 Å². The van der Waals surface area contributed by atoms with Crippen LogP contribution in [0.4, 0.5) is 0 Å². The first-order valence-corrected chi connectivity index (χ1v) is 4.51. The molecule has 0 spiro atoms. The van der Waals surface area contributed by atoms with Gasteiger partial charge in [-0.1, -0.05) is 0 Å². The first-order chi connectivity index (χ1) is 6.68. The third kappa shape index (κ3) is 1.50. The van der Waals surface area contributed by atoms with E-state index in [4.69, 9.17) is 9.84 Å². The van der Waals surface area contributed by atoms with Gasteiger partial charge in [0, 0.05) is 25.8 Å². The molecule has 0 aromatic carbocycles. The molecule has 2 atom stereocenters. The SMILES string of the molecule is Cn1cc([C@H]2CCO[C@@H]2C(=O)O)cn1.